The van der Waals surface area contributed by atoms with Crippen LogP contribution in [0.25, 0.3) is 11.4 Å². The van der Waals surface area contributed by atoms with E-state index in [-0.39, 0.29) is 23.7 Å². The van der Waals surface area contributed by atoms with Crippen molar-refractivity contribution in [2.45, 2.75) is 84.5 Å². The predicted octanol–water partition coefficient (Wildman–Crippen LogP) is 6.27. The lowest BCUT2D eigenvalue weighted by Crippen LogP contribution is -2.19. The van der Waals surface area contributed by atoms with Crippen LogP contribution in [-0.2, 0) is 28.9 Å². The third-order valence-electron chi connectivity index (χ3n) is 5.99. The number of anilines is 1. The number of thioether (sulfide) groups is 1. The van der Waals surface area contributed by atoms with Crippen LogP contribution in [0.1, 0.15) is 71.3 Å². The molecule has 0 unspecified atom stereocenters. The number of nitrogens with one attached hydrogen (secondary N) is 1. The number of hydrogen-bond acceptors (Lipinski definition) is 8. The molecule has 0 radical (unpaired) electrons. The lowest BCUT2D eigenvalue weighted by atomic mass is 9.95. The molecule has 188 valence electrons. The van der Waals surface area contributed by atoms with Crippen LogP contribution in [-0.4, -0.2) is 38.5 Å². The van der Waals surface area contributed by atoms with Crippen molar-refractivity contribution in [1.82, 2.24) is 14.8 Å². The molecule has 1 aliphatic rings. The predicted molar refractivity (Wildman–Crippen MR) is 144 cm³/mol. The molecule has 35 heavy (non-hydrogen) atoms. The van der Waals surface area contributed by atoms with Gasteiger partial charge in [-0.25, -0.2) is 4.79 Å². The van der Waals surface area contributed by atoms with Gasteiger partial charge in [-0.15, -0.1) is 32.9 Å². The van der Waals surface area contributed by atoms with Gasteiger partial charge < -0.3 is 14.6 Å². The van der Waals surface area contributed by atoms with E-state index in [1.807, 2.05) is 13.8 Å². The molecule has 0 bridgehead atoms. The van der Waals surface area contributed by atoms with Crippen molar-refractivity contribution in [3.8, 4) is 11.4 Å². The van der Waals surface area contributed by atoms with E-state index in [0.29, 0.717) is 10.6 Å². The Bertz CT molecular complexity index is 1230. The molecule has 0 spiro atoms. The third kappa shape index (κ3) is 5.65. The molecular formula is C25H32N4O3S3. The van der Waals surface area contributed by atoms with Crippen molar-refractivity contribution in [1.29, 1.82) is 0 Å². The molecule has 0 fully saturated rings. The van der Waals surface area contributed by atoms with E-state index in [1.165, 1.54) is 38.4 Å². The number of carbonyl (C=O) groups is 2. The number of fused-ring (bicyclic) bond motifs is 1. The lowest BCUT2D eigenvalue weighted by Gasteiger charge is -2.14. The number of esters is 1. The molecule has 1 N–H and O–H groups in total. The normalized spacial score (nSPS) is 13.2. The highest BCUT2D eigenvalue weighted by atomic mass is 32.2. The molecule has 1 amide bonds. The minimum Gasteiger partial charge on any atom is -0.459 e. The zero-order valence-electron chi connectivity index (χ0n) is 20.9. The Labute approximate surface area is 218 Å². The van der Waals surface area contributed by atoms with E-state index in [2.05, 4.69) is 46.2 Å². The van der Waals surface area contributed by atoms with Crippen molar-refractivity contribution in [2.24, 2.45) is 0 Å². The van der Waals surface area contributed by atoms with Crippen molar-refractivity contribution in [3.63, 3.8) is 0 Å². The first-order chi connectivity index (χ1) is 16.8. The maximum atomic E-state index is 13.0. The molecular weight excluding hydrogens is 501 g/mol. The Hall–Kier alpha value is -2.17. The molecule has 4 rings (SSSR count). The maximum absolute atomic E-state index is 13.0. The number of nitrogens with zero attached hydrogens (tertiary/aromatic N) is 3. The lowest BCUT2D eigenvalue weighted by molar-refractivity contribution is -0.113. The number of hydrogen-bond donors (Lipinski definition) is 1. The second kappa shape index (κ2) is 11.3. The summed E-state index contributed by atoms with van der Waals surface area (Å²) in [6, 6.07) is 0. The molecule has 0 aliphatic heterocycles. The number of aryl methyl sites for hydroxylation is 2. The van der Waals surface area contributed by atoms with Crippen LogP contribution in [0.15, 0.2) is 10.5 Å². The van der Waals surface area contributed by atoms with Crippen molar-refractivity contribution in [2.75, 3.05) is 11.1 Å². The maximum Gasteiger partial charge on any atom is 0.341 e. The van der Waals surface area contributed by atoms with Crippen LogP contribution in [0, 0.1) is 13.8 Å². The first-order valence-corrected chi connectivity index (χ1v) is 14.7. The van der Waals surface area contributed by atoms with Crippen molar-refractivity contribution < 1.29 is 14.3 Å². The topological polar surface area (TPSA) is 86.1 Å². The van der Waals surface area contributed by atoms with Crippen molar-refractivity contribution in [3.05, 3.63) is 31.8 Å². The van der Waals surface area contributed by atoms with E-state index in [9.17, 15) is 9.59 Å². The molecule has 0 atom stereocenters. The summed E-state index contributed by atoms with van der Waals surface area (Å²) in [6.07, 6.45) is 4.67. The highest BCUT2D eigenvalue weighted by molar-refractivity contribution is 7.99. The number of amides is 1. The minimum atomic E-state index is -0.351. The van der Waals surface area contributed by atoms with Gasteiger partial charge in [-0.2, -0.15) is 0 Å². The fraction of sp³-hybridized carbons (Fsp3) is 0.520. The monoisotopic (exact) mass is 532 g/mol. The van der Waals surface area contributed by atoms with Crippen LogP contribution in [0.4, 0.5) is 5.00 Å². The fourth-order valence-electron chi connectivity index (χ4n) is 4.19. The smallest absolute Gasteiger partial charge is 0.341 e. The largest absolute Gasteiger partial charge is 0.459 e. The summed E-state index contributed by atoms with van der Waals surface area (Å²) in [7, 11) is 0. The fourth-order valence-corrected chi connectivity index (χ4v) is 7.11. The summed E-state index contributed by atoms with van der Waals surface area (Å²) in [5, 5.41) is 15.3. The SMILES string of the molecule is CCCn1c(SCC(=O)Nc2sc3c(c2C(=O)OC(C)C)CCCC3)nnc1-c1csc(C)c1C. The molecule has 0 aromatic carbocycles. The van der Waals surface area contributed by atoms with Gasteiger partial charge in [0.05, 0.1) is 17.4 Å². The van der Waals surface area contributed by atoms with Crippen LogP contribution >= 0.6 is 34.4 Å². The number of thiophene rings is 2. The molecule has 3 heterocycles. The second-order valence-electron chi connectivity index (χ2n) is 8.99. The van der Waals surface area contributed by atoms with Gasteiger partial charge in [0.2, 0.25) is 5.91 Å². The molecule has 7 nitrogen and oxygen atoms in total. The Morgan fingerprint density at radius 1 is 1.23 bits per heavy atom. The molecule has 1 aliphatic carbocycles. The number of carbonyl (C=O) groups excluding carboxylic acids is 2. The number of aromatic nitrogens is 3. The Morgan fingerprint density at radius 2 is 2.00 bits per heavy atom. The highest BCUT2D eigenvalue weighted by Gasteiger charge is 2.28. The van der Waals surface area contributed by atoms with Gasteiger partial charge in [0.1, 0.15) is 5.00 Å². The zero-order valence-corrected chi connectivity index (χ0v) is 23.3. The standard InChI is InChI=1S/C25H32N4O3S3/c1-6-11-29-22(18-12-33-16(5)15(18)4)27-28-25(29)34-13-20(30)26-23-21(24(31)32-14(2)3)17-9-7-8-10-19(17)35-23/h12,14H,6-11,13H2,1-5H3,(H,26,30). The summed E-state index contributed by atoms with van der Waals surface area (Å²) in [6.45, 7) is 10.8. The van der Waals surface area contributed by atoms with Crippen molar-refractivity contribution >= 4 is 51.3 Å². The van der Waals surface area contributed by atoms with Crippen LogP contribution in [0.3, 0.4) is 0 Å². The first-order valence-electron chi connectivity index (χ1n) is 12.1. The molecule has 3 aromatic heterocycles. The quantitative estimate of drug-likeness (QED) is 0.258. The molecule has 3 aromatic rings. The Kier molecular flexibility index (Phi) is 8.34. The van der Waals surface area contributed by atoms with Gasteiger partial charge in [-0.3, -0.25) is 4.79 Å². The number of rotatable bonds is 9. The van der Waals surface area contributed by atoms with Gasteiger partial charge in [0.15, 0.2) is 11.0 Å². The summed E-state index contributed by atoms with van der Waals surface area (Å²) >= 11 is 4.59. The van der Waals surface area contributed by atoms with Crippen LogP contribution in [0.5, 0.6) is 0 Å². The van der Waals surface area contributed by atoms with Gasteiger partial charge in [-0.05, 0) is 70.9 Å². The zero-order chi connectivity index (χ0) is 25.1. The van der Waals surface area contributed by atoms with Gasteiger partial charge >= 0.3 is 5.97 Å². The molecule has 0 saturated heterocycles. The van der Waals surface area contributed by atoms with E-state index in [1.54, 1.807) is 11.3 Å². The van der Waals surface area contributed by atoms with Crippen LogP contribution < -0.4 is 5.32 Å². The van der Waals surface area contributed by atoms with E-state index in [4.69, 9.17) is 4.74 Å². The number of ether oxygens (including phenoxy) is 1. The van der Waals surface area contributed by atoms with Gasteiger partial charge in [0, 0.05) is 27.2 Å². The highest BCUT2D eigenvalue weighted by Crippen LogP contribution is 2.39. The third-order valence-corrected chi connectivity index (χ3v) is 9.18. The van der Waals surface area contributed by atoms with Gasteiger partial charge in [-0.1, -0.05) is 18.7 Å². The molecule has 10 heteroatoms. The average Bonchev–Trinajstić information content (AvgIpc) is 3.47. The minimum absolute atomic E-state index is 0.164. The van der Waals surface area contributed by atoms with E-state index in [0.717, 1.165) is 60.8 Å². The Morgan fingerprint density at radius 3 is 2.69 bits per heavy atom. The van der Waals surface area contributed by atoms with E-state index < -0.39 is 0 Å². The Balaban J connectivity index is 1.51. The van der Waals surface area contributed by atoms with E-state index >= 15 is 0 Å². The summed E-state index contributed by atoms with van der Waals surface area (Å²) in [4.78, 5) is 28.3. The summed E-state index contributed by atoms with van der Waals surface area (Å²) in [5.74, 6) is 0.518. The van der Waals surface area contributed by atoms with Crippen LogP contribution in [0.2, 0.25) is 0 Å². The molecule has 0 saturated carbocycles. The summed E-state index contributed by atoms with van der Waals surface area (Å²) in [5.41, 5.74) is 3.90. The second-order valence-corrected chi connectivity index (χ2v) is 12.1. The average molecular weight is 533 g/mol. The first kappa shape index (κ1) is 25.9. The van der Waals surface area contributed by atoms with Gasteiger partial charge in [0.25, 0.3) is 0 Å². The summed E-state index contributed by atoms with van der Waals surface area (Å²) < 4.78 is 7.60.